The van der Waals surface area contributed by atoms with E-state index in [1.165, 1.54) is 25.6 Å². The Kier molecular flexibility index (Phi) is 4.06. The number of likely N-dealkylation sites (tertiary alicyclic amines) is 1. The van der Waals surface area contributed by atoms with Gasteiger partial charge >= 0.3 is 0 Å². The van der Waals surface area contributed by atoms with Crippen molar-refractivity contribution in [3.05, 3.63) is 28.8 Å². The number of hydrogen-bond acceptors (Lipinski definition) is 5. The Labute approximate surface area is 122 Å². The van der Waals surface area contributed by atoms with Crippen molar-refractivity contribution >= 4 is 16.6 Å². The molecule has 0 radical (unpaired) electrons. The number of nitrogens with one attached hydrogen (secondary N) is 1. The van der Waals surface area contributed by atoms with Gasteiger partial charge in [-0.2, -0.15) is 0 Å². The van der Waals surface area contributed by atoms with Crippen LogP contribution < -0.4 is 16.0 Å². The number of fused-ring (bicyclic) bond motifs is 1. The van der Waals surface area contributed by atoms with Gasteiger partial charge in [0.2, 0.25) is 0 Å². The molecule has 0 atom stereocenters. The second-order valence-electron chi connectivity index (χ2n) is 5.39. The van der Waals surface area contributed by atoms with Crippen LogP contribution in [0, 0.1) is 0 Å². The third-order valence-electron chi connectivity index (χ3n) is 3.89. The van der Waals surface area contributed by atoms with E-state index in [4.69, 9.17) is 10.5 Å². The standard InChI is InChI=1S/C15H20N4O2/c16-12-8-11-13(17-10-18-15(11)20)9-14(12)21-7-6-19-4-2-1-3-5-19/h8-10H,1-7,16H2,(H,17,18,20). The summed E-state index contributed by atoms with van der Waals surface area (Å²) in [4.78, 5) is 20.7. The normalized spacial score (nSPS) is 16.2. The molecule has 2 heterocycles. The van der Waals surface area contributed by atoms with Gasteiger partial charge in [0.05, 0.1) is 22.9 Å². The van der Waals surface area contributed by atoms with Crippen molar-refractivity contribution < 1.29 is 4.74 Å². The van der Waals surface area contributed by atoms with Crippen LogP contribution in [0.3, 0.4) is 0 Å². The predicted molar refractivity (Wildman–Crippen MR) is 82.6 cm³/mol. The van der Waals surface area contributed by atoms with Gasteiger partial charge in [0.1, 0.15) is 12.4 Å². The van der Waals surface area contributed by atoms with Gasteiger partial charge in [-0.25, -0.2) is 4.98 Å². The van der Waals surface area contributed by atoms with Crippen molar-refractivity contribution in [3.8, 4) is 5.75 Å². The third-order valence-corrected chi connectivity index (χ3v) is 3.89. The highest BCUT2D eigenvalue weighted by atomic mass is 16.5. The van der Waals surface area contributed by atoms with Crippen molar-refractivity contribution in [2.45, 2.75) is 19.3 Å². The number of anilines is 1. The first-order valence-electron chi connectivity index (χ1n) is 7.36. The first-order valence-corrected chi connectivity index (χ1v) is 7.36. The maximum atomic E-state index is 11.7. The summed E-state index contributed by atoms with van der Waals surface area (Å²) in [5.41, 5.74) is 6.84. The van der Waals surface area contributed by atoms with E-state index in [1.807, 2.05) is 0 Å². The number of nitrogen functional groups attached to an aromatic ring is 1. The molecule has 1 fully saturated rings. The molecule has 1 aliphatic heterocycles. The second kappa shape index (κ2) is 6.13. The number of aromatic amines is 1. The molecule has 0 aliphatic carbocycles. The number of nitrogens with two attached hydrogens (primary N) is 1. The molecule has 6 heteroatoms. The minimum atomic E-state index is -0.188. The van der Waals surface area contributed by atoms with Crippen LogP contribution in [0.2, 0.25) is 0 Å². The fourth-order valence-corrected chi connectivity index (χ4v) is 2.71. The van der Waals surface area contributed by atoms with E-state index in [0.717, 1.165) is 19.6 Å². The molecule has 0 bridgehead atoms. The van der Waals surface area contributed by atoms with Crippen LogP contribution in [0.5, 0.6) is 5.75 Å². The summed E-state index contributed by atoms with van der Waals surface area (Å²) in [6.45, 7) is 3.79. The van der Waals surface area contributed by atoms with Gasteiger partial charge in [-0.3, -0.25) is 9.69 Å². The number of aromatic nitrogens is 2. The van der Waals surface area contributed by atoms with Crippen molar-refractivity contribution in [1.82, 2.24) is 14.9 Å². The Balaban J connectivity index is 1.69. The Morgan fingerprint density at radius 2 is 2.10 bits per heavy atom. The lowest BCUT2D eigenvalue weighted by atomic mass is 10.1. The number of rotatable bonds is 4. The van der Waals surface area contributed by atoms with Gasteiger partial charge in [-0.05, 0) is 32.0 Å². The van der Waals surface area contributed by atoms with Crippen molar-refractivity contribution in [2.24, 2.45) is 0 Å². The Bertz CT molecular complexity index is 677. The Hall–Kier alpha value is -2.08. The lowest BCUT2D eigenvalue weighted by molar-refractivity contribution is 0.184. The summed E-state index contributed by atoms with van der Waals surface area (Å²) < 4.78 is 5.77. The van der Waals surface area contributed by atoms with Crippen molar-refractivity contribution in [1.29, 1.82) is 0 Å². The highest BCUT2D eigenvalue weighted by molar-refractivity contribution is 5.84. The number of hydrogen-bond donors (Lipinski definition) is 2. The quantitative estimate of drug-likeness (QED) is 0.830. The summed E-state index contributed by atoms with van der Waals surface area (Å²) in [6, 6.07) is 3.35. The maximum absolute atomic E-state index is 11.7. The Morgan fingerprint density at radius 1 is 1.29 bits per heavy atom. The van der Waals surface area contributed by atoms with E-state index >= 15 is 0 Å². The molecule has 0 saturated carbocycles. The van der Waals surface area contributed by atoms with Crippen LogP contribution in [0.4, 0.5) is 5.69 Å². The lowest BCUT2D eigenvalue weighted by Crippen LogP contribution is -2.33. The number of piperidine rings is 1. The fraction of sp³-hybridized carbons (Fsp3) is 0.467. The zero-order valence-electron chi connectivity index (χ0n) is 12.0. The molecule has 3 rings (SSSR count). The SMILES string of the molecule is Nc1cc2c(=O)[nH]cnc2cc1OCCN1CCCCC1. The van der Waals surface area contributed by atoms with Crippen LogP contribution >= 0.6 is 0 Å². The topological polar surface area (TPSA) is 84.2 Å². The molecule has 1 aromatic heterocycles. The molecule has 21 heavy (non-hydrogen) atoms. The molecule has 112 valence electrons. The molecule has 1 saturated heterocycles. The van der Waals surface area contributed by atoms with E-state index in [2.05, 4.69) is 14.9 Å². The first-order chi connectivity index (χ1) is 10.2. The fourth-order valence-electron chi connectivity index (χ4n) is 2.71. The molecule has 0 unspecified atom stereocenters. The monoisotopic (exact) mass is 288 g/mol. The van der Waals surface area contributed by atoms with E-state index in [-0.39, 0.29) is 5.56 Å². The van der Waals surface area contributed by atoms with Crippen LogP contribution in [0.1, 0.15) is 19.3 Å². The smallest absolute Gasteiger partial charge is 0.258 e. The highest BCUT2D eigenvalue weighted by Gasteiger charge is 2.11. The predicted octanol–water partition coefficient (Wildman–Crippen LogP) is 1.37. The molecule has 1 aromatic carbocycles. The van der Waals surface area contributed by atoms with E-state index in [1.54, 1.807) is 12.1 Å². The molecule has 1 aliphatic rings. The molecule has 0 amide bonds. The number of benzene rings is 1. The van der Waals surface area contributed by atoms with Gasteiger partial charge in [0.25, 0.3) is 5.56 Å². The van der Waals surface area contributed by atoms with Gasteiger partial charge in [-0.15, -0.1) is 0 Å². The summed E-state index contributed by atoms with van der Waals surface area (Å²) in [6.07, 6.45) is 5.25. The Morgan fingerprint density at radius 3 is 2.90 bits per heavy atom. The van der Waals surface area contributed by atoms with Gasteiger partial charge in [0, 0.05) is 12.6 Å². The zero-order chi connectivity index (χ0) is 14.7. The van der Waals surface area contributed by atoms with E-state index in [0.29, 0.717) is 28.9 Å². The second-order valence-corrected chi connectivity index (χ2v) is 5.39. The first kappa shape index (κ1) is 13.9. The summed E-state index contributed by atoms with van der Waals surface area (Å²) in [5, 5.41) is 0.485. The van der Waals surface area contributed by atoms with E-state index in [9.17, 15) is 4.79 Å². The zero-order valence-corrected chi connectivity index (χ0v) is 12.0. The minimum absolute atomic E-state index is 0.188. The van der Waals surface area contributed by atoms with Gasteiger partial charge in [-0.1, -0.05) is 6.42 Å². The highest BCUT2D eigenvalue weighted by Crippen LogP contribution is 2.25. The average Bonchev–Trinajstić information content (AvgIpc) is 2.50. The number of ether oxygens (including phenoxy) is 1. The van der Waals surface area contributed by atoms with Crippen molar-refractivity contribution in [3.63, 3.8) is 0 Å². The van der Waals surface area contributed by atoms with Crippen LogP contribution in [0.25, 0.3) is 10.9 Å². The van der Waals surface area contributed by atoms with Gasteiger partial charge < -0.3 is 15.5 Å². The van der Waals surface area contributed by atoms with Crippen LogP contribution in [0.15, 0.2) is 23.3 Å². The molecular formula is C15H20N4O2. The minimum Gasteiger partial charge on any atom is -0.490 e. The van der Waals surface area contributed by atoms with Gasteiger partial charge in [0.15, 0.2) is 0 Å². The van der Waals surface area contributed by atoms with Crippen LogP contribution in [-0.4, -0.2) is 41.1 Å². The lowest BCUT2D eigenvalue weighted by Gasteiger charge is -2.26. The van der Waals surface area contributed by atoms with Crippen molar-refractivity contribution in [2.75, 3.05) is 32.0 Å². The molecule has 0 spiro atoms. The molecule has 6 nitrogen and oxygen atoms in total. The third kappa shape index (κ3) is 3.16. The number of H-pyrrole nitrogens is 1. The molecule has 3 N–H and O–H groups in total. The largest absolute Gasteiger partial charge is 0.490 e. The maximum Gasteiger partial charge on any atom is 0.258 e. The summed E-state index contributed by atoms with van der Waals surface area (Å²) >= 11 is 0. The summed E-state index contributed by atoms with van der Waals surface area (Å²) in [7, 11) is 0. The summed E-state index contributed by atoms with van der Waals surface area (Å²) in [5.74, 6) is 0.595. The van der Waals surface area contributed by atoms with Crippen LogP contribution in [-0.2, 0) is 0 Å². The average molecular weight is 288 g/mol. The molecule has 2 aromatic rings. The molecular weight excluding hydrogens is 268 g/mol. The number of nitrogens with zero attached hydrogens (tertiary/aromatic N) is 2. The van der Waals surface area contributed by atoms with E-state index < -0.39 is 0 Å².